The van der Waals surface area contributed by atoms with Crippen LogP contribution in [-0.4, -0.2) is 38.7 Å². The molecule has 0 N–H and O–H groups in total. The van der Waals surface area contributed by atoms with Crippen LogP contribution in [0.4, 0.5) is 4.39 Å². The van der Waals surface area contributed by atoms with Gasteiger partial charge in [-0.05, 0) is 55.0 Å². The van der Waals surface area contributed by atoms with Crippen molar-refractivity contribution < 1.29 is 18.8 Å². The minimum absolute atomic E-state index is 0.168. The first-order chi connectivity index (χ1) is 16.3. The van der Waals surface area contributed by atoms with Crippen LogP contribution in [0, 0.1) is 5.82 Å². The minimum atomic E-state index is -0.456. The Morgan fingerprint density at radius 1 is 0.912 bits per heavy atom. The third kappa shape index (κ3) is 3.77. The van der Waals surface area contributed by atoms with Gasteiger partial charge in [0, 0.05) is 18.5 Å². The maximum atomic E-state index is 13.4. The molecule has 2 amide bonds. The molecule has 4 aromatic rings. The summed E-state index contributed by atoms with van der Waals surface area (Å²) < 4.78 is 14.8. The number of imide groups is 1. The predicted molar refractivity (Wildman–Crippen MR) is 126 cm³/mol. The molecule has 0 unspecified atom stereocenters. The molecule has 1 aliphatic rings. The Labute approximate surface area is 203 Å². The van der Waals surface area contributed by atoms with Gasteiger partial charge in [0.1, 0.15) is 11.6 Å². The maximum Gasteiger partial charge on any atom is 0.263 e. The lowest BCUT2D eigenvalue weighted by Gasteiger charge is -2.14. The number of carbonyl (C=O) groups is 3. The molecule has 1 aliphatic heterocycles. The molecule has 170 valence electrons. The third-order valence-electron chi connectivity index (χ3n) is 5.72. The molecule has 0 bridgehead atoms. The molecule has 0 radical (unpaired) electrons. The first-order valence-corrected chi connectivity index (χ1v) is 11.2. The smallest absolute Gasteiger partial charge is 0.263 e. The van der Waals surface area contributed by atoms with E-state index in [1.54, 1.807) is 36.4 Å². The van der Waals surface area contributed by atoms with Gasteiger partial charge in [0.05, 0.1) is 32.2 Å². The van der Waals surface area contributed by atoms with Crippen LogP contribution >= 0.6 is 23.2 Å². The van der Waals surface area contributed by atoms with Crippen molar-refractivity contribution in [3.8, 4) is 0 Å². The Balaban J connectivity index is 1.44. The largest absolute Gasteiger partial charge is 0.274 e. The number of fused-ring (bicyclic) bond motifs is 2. The summed E-state index contributed by atoms with van der Waals surface area (Å²) in [4.78, 5) is 44.3. The highest BCUT2D eigenvalue weighted by atomic mass is 35.5. The van der Waals surface area contributed by atoms with Crippen LogP contribution in [0.2, 0.25) is 10.0 Å². The third-order valence-corrected chi connectivity index (χ3v) is 6.44. The Hall–Kier alpha value is -3.55. The molecule has 34 heavy (non-hydrogen) atoms. The summed E-state index contributed by atoms with van der Waals surface area (Å²) >= 11 is 12.3. The number of benzene rings is 3. The molecular formula is C25H16Cl2FN3O3. The number of nitrogens with zero attached hydrogens (tertiary/aromatic N) is 3. The normalized spacial score (nSPS) is 13.1. The molecule has 0 aliphatic carbocycles. The summed E-state index contributed by atoms with van der Waals surface area (Å²) in [6.45, 7) is 0.168. The van der Waals surface area contributed by atoms with Gasteiger partial charge >= 0.3 is 0 Å². The van der Waals surface area contributed by atoms with E-state index in [-0.39, 0.29) is 28.9 Å². The average Bonchev–Trinajstić information content (AvgIpc) is 3.29. The van der Waals surface area contributed by atoms with Gasteiger partial charge in [-0.25, -0.2) is 9.37 Å². The van der Waals surface area contributed by atoms with E-state index in [0.717, 1.165) is 0 Å². The first kappa shape index (κ1) is 22.3. The van der Waals surface area contributed by atoms with Gasteiger partial charge in [-0.1, -0.05) is 35.3 Å². The lowest BCUT2D eigenvalue weighted by molar-refractivity contribution is 0.0651. The summed E-state index contributed by atoms with van der Waals surface area (Å²) in [5.41, 5.74) is 1.97. The zero-order chi connectivity index (χ0) is 24.0. The van der Waals surface area contributed by atoms with Crippen molar-refractivity contribution in [1.29, 1.82) is 0 Å². The molecule has 6 nitrogen and oxygen atoms in total. The fourth-order valence-electron chi connectivity index (χ4n) is 4.08. The molecule has 1 aromatic heterocycles. The van der Waals surface area contributed by atoms with Crippen molar-refractivity contribution in [2.45, 2.75) is 12.8 Å². The van der Waals surface area contributed by atoms with E-state index >= 15 is 0 Å². The Bertz CT molecular complexity index is 1450. The molecule has 5 rings (SSSR count). The molecule has 9 heteroatoms. The van der Waals surface area contributed by atoms with Crippen molar-refractivity contribution >= 4 is 52.0 Å². The second-order valence-electron chi connectivity index (χ2n) is 7.84. The monoisotopic (exact) mass is 495 g/mol. The van der Waals surface area contributed by atoms with E-state index in [1.165, 1.54) is 33.7 Å². The number of halogens is 3. The predicted octanol–water partition coefficient (Wildman–Crippen LogP) is 5.40. The van der Waals surface area contributed by atoms with Crippen molar-refractivity contribution in [1.82, 2.24) is 14.5 Å². The molecule has 0 saturated carbocycles. The number of imidazole rings is 1. The number of carbonyl (C=O) groups excluding carboxylic acids is 3. The van der Waals surface area contributed by atoms with E-state index < -0.39 is 11.7 Å². The van der Waals surface area contributed by atoms with Gasteiger partial charge in [-0.15, -0.1) is 0 Å². The van der Waals surface area contributed by atoms with E-state index in [4.69, 9.17) is 23.2 Å². The highest BCUT2D eigenvalue weighted by Gasteiger charge is 2.34. The number of hydrogen-bond donors (Lipinski definition) is 0. The van der Waals surface area contributed by atoms with Crippen LogP contribution in [0.3, 0.4) is 0 Å². The van der Waals surface area contributed by atoms with Crippen LogP contribution in [0.5, 0.6) is 0 Å². The maximum absolute atomic E-state index is 13.4. The number of amides is 2. The average molecular weight is 496 g/mol. The second-order valence-corrected chi connectivity index (χ2v) is 8.66. The van der Waals surface area contributed by atoms with Crippen molar-refractivity contribution in [2.24, 2.45) is 0 Å². The van der Waals surface area contributed by atoms with E-state index in [0.29, 0.717) is 45.8 Å². The first-order valence-electron chi connectivity index (χ1n) is 10.5. The van der Waals surface area contributed by atoms with Gasteiger partial charge in [0.2, 0.25) is 0 Å². The highest BCUT2D eigenvalue weighted by molar-refractivity contribution is 6.42. The molecule has 3 aromatic carbocycles. The van der Waals surface area contributed by atoms with Gasteiger partial charge in [0.15, 0.2) is 0 Å². The van der Waals surface area contributed by atoms with E-state index in [1.807, 2.05) is 0 Å². The van der Waals surface area contributed by atoms with Crippen LogP contribution in [0.15, 0.2) is 60.7 Å². The number of aryl methyl sites for hydroxylation is 1. The van der Waals surface area contributed by atoms with Crippen molar-refractivity contribution in [2.75, 3.05) is 6.54 Å². The van der Waals surface area contributed by atoms with E-state index in [2.05, 4.69) is 4.98 Å². The quantitative estimate of drug-likeness (QED) is 0.347. The summed E-state index contributed by atoms with van der Waals surface area (Å²) in [5, 5.41) is 0.561. The van der Waals surface area contributed by atoms with Gasteiger partial charge < -0.3 is 0 Å². The van der Waals surface area contributed by atoms with E-state index in [9.17, 15) is 18.8 Å². The van der Waals surface area contributed by atoms with Crippen LogP contribution in [0.25, 0.3) is 11.0 Å². The van der Waals surface area contributed by atoms with Gasteiger partial charge in [-0.2, -0.15) is 0 Å². The Morgan fingerprint density at radius 2 is 1.53 bits per heavy atom. The Morgan fingerprint density at radius 3 is 2.18 bits per heavy atom. The molecule has 2 heterocycles. The molecule has 0 fully saturated rings. The standard InChI is InChI=1S/C25H16Cl2FN3O3/c26-18-12-20-21(13-19(18)27)31(23(32)14-7-9-15(28)10-8-14)22(29-20)6-3-11-30-24(33)16-4-1-2-5-17(16)25(30)34/h1-2,4-5,7-10,12-13H,3,6,11H2. The summed E-state index contributed by atoms with van der Waals surface area (Å²) in [5.74, 6) is -1.12. The zero-order valence-electron chi connectivity index (χ0n) is 17.6. The number of rotatable bonds is 5. The topological polar surface area (TPSA) is 72.3 Å². The summed E-state index contributed by atoms with van der Waals surface area (Å²) in [7, 11) is 0. The molecule has 0 atom stereocenters. The molecular weight excluding hydrogens is 480 g/mol. The highest BCUT2D eigenvalue weighted by Crippen LogP contribution is 2.30. The summed E-state index contributed by atoms with van der Waals surface area (Å²) in [6, 6.07) is 15.0. The van der Waals surface area contributed by atoms with Crippen molar-refractivity contribution in [3.63, 3.8) is 0 Å². The van der Waals surface area contributed by atoms with Crippen LogP contribution in [-0.2, 0) is 6.42 Å². The lowest BCUT2D eigenvalue weighted by atomic mass is 10.1. The fraction of sp³-hybridized carbons (Fsp3) is 0.120. The van der Waals surface area contributed by atoms with Crippen LogP contribution < -0.4 is 0 Å². The van der Waals surface area contributed by atoms with Crippen molar-refractivity contribution in [3.05, 3.63) is 99.0 Å². The molecule has 0 spiro atoms. The SMILES string of the molecule is O=C1c2ccccc2C(=O)N1CCCc1nc2cc(Cl)c(Cl)cc2n1C(=O)c1ccc(F)cc1. The second kappa shape index (κ2) is 8.66. The number of hydrogen-bond acceptors (Lipinski definition) is 4. The summed E-state index contributed by atoms with van der Waals surface area (Å²) in [6.07, 6.45) is 0.678. The fourth-order valence-corrected chi connectivity index (χ4v) is 4.39. The lowest BCUT2D eigenvalue weighted by Crippen LogP contribution is -2.31. The van der Waals surface area contributed by atoms with Gasteiger partial charge in [-0.3, -0.25) is 23.9 Å². The zero-order valence-corrected chi connectivity index (χ0v) is 19.1. The Kier molecular flexibility index (Phi) is 5.67. The minimum Gasteiger partial charge on any atom is -0.274 e. The number of aromatic nitrogens is 2. The van der Waals surface area contributed by atoms with Gasteiger partial charge in [0.25, 0.3) is 17.7 Å². The van der Waals surface area contributed by atoms with Crippen LogP contribution in [0.1, 0.15) is 43.3 Å². The molecule has 0 saturated heterocycles.